The third-order valence-corrected chi connectivity index (χ3v) is 5.48. The predicted octanol–water partition coefficient (Wildman–Crippen LogP) is 3.85. The highest BCUT2D eigenvalue weighted by molar-refractivity contribution is 5.93. The number of nitrogens with one attached hydrogen (secondary N) is 1. The number of carbonyl (C=O) groups is 1. The standard InChI is InChI=1S/C24H28N4O/c29-24(23-16-26-28(19-23)17-20-9-3-1-4-10-20)25-15-21-11-5-6-12-22(21)18-27-13-7-2-8-14-27/h1,3-6,9-12,16,19H,2,7-8,13-15,17-18H2,(H,25,29). The maximum Gasteiger partial charge on any atom is 0.254 e. The molecule has 0 bridgehead atoms. The highest BCUT2D eigenvalue weighted by atomic mass is 16.1. The number of likely N-dealkylation sites (tertiary alicyclic amines) is 1. The van der Waals surface area contributed by atoms with Crippen LogP contribution < -0.4 is 5.32 Å². The summed E-state index contributed by atoms with van der Waals surface area (Å²) in [6.45, 7) is 4.49. The Morgan fingerprint density at radius 3 is 2.41 bits per heavy atom. The van der Waals surface area contributed by atoms with Gasteiger partial charge < -0.3 is 5.32 Å². The molecule has 0 atom stereocenters. The van der Waals surface area contributed by atoms with Crippen molar-refractivity contribution in [3.05, 3.63) is 89.2 Å². The quantitative estimate of drug-likeness (QED) is 0.669. The Morgan fingerprint density at radius 2 is 1.62 bits per heavy atom. The van der Waals surface area contributed by atoms with Gasteiger partial charge in [-0.25, -0.2) is 0 Å². The molecule has 1 fully saturated rings. The molecule has 1 saturated heterocycles. The van der Waals surface area contributed by atoms with Gasteiger partial charge in [0.15, 0.2) is 0 Å². The van der Waals surface area contributed by atoms with Gasteiger partial charge in [0.05, 0.1) is 18.3 Å². The second-order valence-electron chi connectivity index (χ2n) is 7.70. The van der Waals surface area contributed by atoms with Gasteiger partial charge in [-0.1, -0.05) is 61.0 Å². The summed E-state index contributed by atoms with van der Waals surface area (Å²) >= 11 is 0. The molecule has 5 heteroatoms. The van der Waals surface area contributed by atoms with Gasteiger partial charge >= 0.3 is 0 Å². The molecule has 1 aliphatic heterocycles. The van der Waals surface area contributed by atoms with Crippen LogP contribution in [0.4, 0.5) is 0 Å². The third kappa shape index (κ3) is 5.33. The molecule has 0 unspecified atom stereocenters. The maximum atomic E-state index is 12.6. The number of hydrogen-bond donors (Lipinski definition) is 1. The van der Waals surface area contributed by atoms with Crippen LogP contribution in [0.2, 0.25) is 0 Å². The number of rotatable bonds is 7. The molecule has 1 aliphatic rings. The van der Waals surface area contributed by atoms with Crippen molar-refractivity contribution in [1.82, 2.24) is 20.0 Å². The van der Waals surface area contributed by atoms with E-state index in [1.54, 1.807) is 10.9 Å². The lowest BCUT2D eigenvalue weighted by atomic mass is 10.0. The van der Waals surface area contributed by atoms with E-state index in [1.807, 2.05) is 30.5 Å². The minimum absolute atomic E-state index is 0.0860. The Kier molecular flexibility index (Phi) is 6.37. The molecule has 150 valence electrons. The molecule has 1 amide bonds. The summed E-state index contributed by atoms with van der Waals surface area (Å²) in [6, 6.07) is 18.5. The smallest absolute Gasteiger partial charge is 0.254 e. The van der Waals surface area contributed by atoms with E-state index in [0.29, 0.717) is 18.7 Å². The van der Waals surface area contributed by atoms with E-state index in [4.69, 9.17) is 0 Å². The van der Waals surface area contributed by atoms with Crippen molar-refractivity contribution < 1.29 is 4.79 Å². The number of benzene rings is 2. The number of nitrogens with zero attached hydrogens (tertiary/aromatic N) is 3. The average molecular weight is 389 g/mol. The van der Waals surface area contributed by atoms with Crippen molar-refractivity contribution in [1.29, 1.82) is 0 Å². The Bertz CT molecular complexity index is 929. The Balaban J connectivity index is 1.35. The topological polar surface area (TPSA) is 50.2 Å². The van der Waals surface area contributed by atoms with Gasteiger partial charge in [0.2, 0.25) is 0 Å². The average Bonchev–Trinajstić information content (AvgIpc) is 3.23. The summed E-state index contributed by atoms with van der Waals surface area (Å²) in [5.74, 6) is -0.0860. The van der Waals surface area contributed by atoms with Crippen molar-refractivity contribution in [3.8, 4) is 0 Å². The van der Waals surface area contributed by atoms with Gasteiger partial charge in [-0.2, -0.15) is 5.10 Å². The van der Waals surface area contributed by atoms with Crippen molar-refractivity contribution in [2.24, 2.45) is 0 Å². The van der Waals surface area contributed by atoms with Crippen LogP contribution in [-0.4, -0.2) is 33.7 Å². The van der Waals surface area contributed by atoms with Crippen LogP contribution in [0.5, 0.6) is 0 Å². The molecule has 1 N–H and O–H groups in total. The molecule has 4 rings (SSSR count). The molecular formula is C24H28N4O. The second kappa shape index (κ2) is 9.52. The molecule has 0 aliphatic carbocycles. The van der Waals surface area contributed by atoms with Crippen LogP contribution in [0.25, 0.3) is 0 Å². The van der Waals surface area contributed by atoms with E-state index in [-0.39, 0.29) is 5.91 Å². The summed E-state index contributed by atoms with van der Waals surface area (Å²) < 4.78 is 1.80. The fourth-order valence-corrected chi connectivity index (χ4v) is 3.86. The van der Waals surface area contributed by atoms with E-state index >= 15 is 0 Å². The zero-order valence-electron chi connectivity index (χ0n) is 16.8. The van der Waals surface area contributed by atoms with Crippen molar-refractivity contribution >= 4 is 5.91 Å². The zero-order valence-corrected chi connectivity index (χ0v) is 16.8. The van der Waals surface area contributed by atoms with E-state index < -0.39 is 0 Å². The summed E-state index contributed by atoms with van der Waals surface area (Å²) in [5.41, 5.74) is 4.24. The summed E-state index contributed by atoms with van der Waals surface area (Å²) in [4.78, 5) is 15.1. The van der Waals surface area contributed by atoms with Gasteiger partial charge in [0.25, 0.3) is 5.91 Å². The van der Waals surface area contributed by atoms with Gasteiger partial charge in [0.1, 0.15) is 0 Å². The van der Waals surface area contributed by atoms with Crippen molar-refractivity contribution in [2.75, 3.05) is 13.1 Å². The lowest BCUT2D eigenvalue weighted by Gasteiger charge is -2.27. The predicted molar refractivity (Wildman–Crippen MR) is 115 cm³/mol. The van der Waals surface area contributed by atoms with E-state index in [0.717, 1.165) is 12.1 Å². The van der Waals surface area contributed by atoms with Crippen LogP contribution in [0.3, 0.4) is 0 Å². The molecule has 0 saturated carbocycles. The molecular weight excluding hydrogens is 360 g/mol. The molecule has 2 heterocycles. The number of amides is 1. The SMILES string of the molecule is O=C(NCc1ccccc1CN1CCCCC1)c1cnn(Cc2ccccc2)c1. The fraction of sp³-hybridized carbons (Fsp3) is 0.333. The summed E-state index contributed by atoms with van der Waals surface area (Å²) in [7, 11) is 0. The normalized spacial score (nSPS) is 14.6. The molecule has 1 aromatic heterocycles. The molecule has 0 radical (unpaired) electrons. The first-order valence-corrected chi connectivity index (χ1v) is 10.4. The first-order chi connectivity index (χ1) is 14.3. The van der Waals surface area contributed by atoms with Gasteiger partial charge in [-0.05, 0) is 42.6 Å². The van der Waals surface area contributed by atoms with E-state index in [9.17, 15) is 4.79 Å². The van der Waals surface area contributed by atoms with E-state index in [1.165, 1.54) is 43.5 Å². The minimum atomic E-state index is -0.0860. The molecule has 3 aromatic rings. The Labute approximate surface area is 172 Å². The number of piperidine rings is 1. The van der Waals surface area contributed by atoms with Crippen LogP contribution in [-0.2, 0) is 19.6 Å². The first-order valence-electron chi connectivity index (χ1n) is 10.4. The summed E-state index contributed by atoms with van der Waals surface area (Å²) in [5, 5.41) is 7.39. The lowest BCUT2D eigenvalue weighted by molar-refractivity contribution is 0.0950. The monoisotopic (exact) mass is 388 g/mol. The number of carbonyl (C=O) groups excluding carboxylic acids is 1. The Morgan fingerprint density at radius 1 is 0.897 bits per heavy atom. The molecule has 29 heavy (non-hydrogen) atoms. The Hall–Kier alpha value is -2.92. The lowest BCUT2D eigenvalue weighted by Crippen LogP contribution is -2.30. The highest BCUT2D eigenvalue weighted by Crippen LogP contribution is 2.16. The van der Waals surface area contributed by atoms with Gasteiger partial charge in [-0.15, -0.1) is 0 Å². The second-order valence-corrected chi connectivity index (χ2v) is 7.70. The third-order valence-electron chi connectivity index (χ3n) is 5.48. The zero-order chi connectivity index (χ0) is 19.9. The fourth-order valence-electron chi connectivity index (χ4n) is 3.86. The first kappa shape index (κ1) is 19.4. The van der Waals surface area contributed by atoms with Crippen molar-refractivity contribution in [2.45, 2.75) is 38.9 Å². The summed E-state index contributed by atoms with van der Waals surface area (Å²) in [6.07, 6.45) is 7.35. The van der Waals surface area contributed by atoms with Crippen LogP contribution in [0.15, 0.2) is 67.0 Å². The maximum absolute atomic E-state index is 12.6. The highest BCUT2D eigenvalue weighted by Gasteiger charge is 2.14. The molecule has 2 aromatic carbocycles. The number of aromatic nitrogens is 2. The van der Waals surface area contributed by atoms with Crippen LogP contribution >= 0.6 is 0 Å². The largest absolute Gasteiger partial charge is 0.348 e. The molecule has 5 nitrogen and oxygen atoms in total. The molecule has 0 spiro atoms. The van der Waals surface area contributed by atoms with Crippen molar-refractivity contribution in [3.63, 3.8) is 0 Å². The minimum Gasteiger partial charge on any atom is -0.348 e. The van der Waals surface area contributed by atoms with Gasteiger partial charge in [-0.3, -0.25) is 14.4 Å². The van der Waals surface area contributed by atoms with E-state index in [2.05, 4.69) is 45.6 Å². The number of hydrogen-bond acceptors (Lipinski definition) is 3. The van der Waals surface area contributed by atoms with Crippen LogP contribution in [0, 0.1) is 0 Å². The van der Waals surface area contributed by atoms with Crippen LogP contribution in [0.1, 0.15) is 46.3 Å². The van der Waals surface area contributed by atoms with Gasteiger partial charge in [0, 0.05) is 19.3 Å².